The third-order valence-electron chi connectivity index (χ3n) is 5.91. The van der Waals surface area contributed by atoms with E-state index in [4.69, 9.17) is 0 Å². The van der Waals surface area contributed by atoms with Crippen molar-refractivity contribution in [3.05, 3.63) is 36.2 Å². The number of fused-ring (bicyclic) bond motifs is 1. The molecule has 0 atom stereocenters. The first-order valence-electron chi connectivity index (χ1n) is 12.1. The first kappa shape index (κ1) is 22.8. The Morgan fingerprint density at radius 1 is 0.607 bits per heavy atom. The highest BCUT2D eigenvalue weighted by atomic mass is 15.1. The molecule has 0 bridgehead atoms. The van der Waals surface area contributed by atoms with Gasteiger partial charge in [-0.3, -0.25) is 0 Å². The summed E-state index contributed by atoms with van der Waals surface area (Å²) in [5.41, 5.74) is 1.17. The fourth-order valence-corrected chi connectivity index (χ4v) is 4.11. The van der Waals surface area contributed by atoms with E-state index in [1.165, 1.54) is 119 Å². The minimum atomic E-state index is 1.06. The van der Waals surface area contributed by atoms with Crippen LogP contribution in [-0.2, 0) is 6.42 Å². The Kier molecular flexibility index (Phi) is 12.6. The summed E-state index contributed by atoms with van der Waals surface area (Å²) < 4.78 is 0. The Labute approximate surface area is 173 Å². The summed E-state index contributed by atoms with van der Waals surface area (Å²) >= 11 is 0. The normalized spacial score (nSPS) is 11.3. The molecule has 0 amide bonds. The smallest absolute Gasteiger partial charge is 0.0709 e. The Balaban J connectivity index is 1.37. The fourth-order valence-electron chi connectivity index (χ4n) is 4.11. The standard InChI is InChI=1S/C26H42N2/c1-2-3-4-5-6-7-8-9-10-11-12-13-14-15-16-17-22-26-25-21-19-18-20-24(25)23-27-28-26/h18-21,23H,2-17,22H2,1H3. The van der Waals surface area contributed by atoms with Gasteiger partial charge in [-0.25, -0.2) is 0 Å². The molecule has 0 spiro atoms. The fraction of sp³-hybridized carbons (Fsp3) is 0.692. The van der Waals surface area contributed by atoms with Crippen molar-refractivity contribution in [1.82, 2.24) is 10.2 Å². The lowest BCUT2D eigenvalue weighted by Gasteiger charge is -2.05. The summed E-state index contributed by atoms with van der Waals surface area (Å²) in [6.07, 6.45) is 25.6. The molecular weight excluding hydrogens is 340 g/mol. The van der Waals surface area contributed by atoms with Crippen molar-refractivity contribution in [2.24, 2.45) is 0 Å². The van der Waals surface area contributed by atoms with Crippen molar-refractivity contribution in [3.8, 4) is 0 Å². The molecule has 0 radical (unpaired) electrons. The van der Waals surface area contributed by atoms with Gasteiger partial charge in [0.15, 0.2) is 0 Å². The number of aromatic nitrogens is 2. The van der Waals surface area contributed by atoms with Gasteiger partial charge in [-0.2, -0.15) is 10.2 Å². The maximum absolute atomic E-state index is 4.36. The minimum absolute atomic E-state index is 1.06. The Hall–Kier alpha value is -1.44. The lowest BCUT2D eigenvalue weighted by atomic mass is 10.0. The third-order valence-corrected chi connectivity index (χ3v) is 5.91. The molecule has 0 aliphatic carbocycles. The second-order valence-corrected chi connectivity index (χ2v) is 8.43. The van der Waals surface area contributed by atoms with Crippen LogP contribution >= 0.6 is 0 Å². The van der Waals surface area contributed by atoms with Gasteiger partial charge in [0.1, 0.15) is 0 Å². The van der Waals surface area contributed by atoms with Gasteiger partial charge in [-0.15, -0.1) is 0 Å². The molecule has 0 aliphatic heterocycles. The zero-order valence-corrected chi connectivity index (χ0v) is 18.3. The van der Waals surface area contributed by atoms with E-state index in [9.17, 15) is 0 Å². The quantitative estimate of drug-likeness (QED) is 0.256. The van der Waals surface area contributed by atoms with E-state index in [1.54, 1.807) is 0 Å². The summed E-state index contributed by atoms with van der Waals surface area (Å²) in [7, 11) is 0. The highest BCUT2D eigenvalue weighted by molar-refractivity contribution is 5.83. The lowest BCUT2D eigenvalue weighted by molar-refractivity contribution is 0.529. The van der Waals surface area contributed by atoms with Crippen molar-refractivity contribution >= 4 is 10.8 Å². The molecule has 1 aromatic carbocycles. The van der Waals surface area contributed by atoms with Crippen LogP contribution in [0, 0.1) is 0 Å². The molecule has 2 nitrogen and oxygen atoms in total. The number of aryl methyl sites for hydroxylation is 1. The van der Waals surface area contributed by atoms with Gasteiger partial charge in [0, 0.05) is 10.8 Å². The van der Waals surface area contributed by atoms with Crippen LogP contribution in [0.2, 0.25) is 0 Å². The summed E-state index contributed by atoms with van der Waals surface area (Å²) in [5.74, 6) is 0. The summed E-state index contributed by atoms with van der Waals surface area (Å²) in [6.45, 7) is 2.29. The number of hydrogen-bond acceptors (Lipinski definition) is 2. The Morgan fingerprint density at radius 3 is 1.68 bits per heavy atom. The van der Waals surface area contributed by atoms with Crippen LogP contribution in [0.1, 0.15) is 115 Å². The predicted molar refractivity (Wildman–Crippen MR) is 123 cm³/mol. The van der Waals surface area contributed by atoms with Gasteiger partial charge in [0.2, 0.25) is 0 Å². The number of rotatable bonds is 17. The molecule has 0 N–H and O–H groups in total. The minimum Gasteiger partial charge on any atom is -0.158 e. The van der Waals surface area contributed by atoms with Gasteiger partial charge >= 0.3 is 0 Å². The number of nitrogens with zero attached hydrogens (tertiary/aromatic N) is 2. The van der Waals surface area contributed by atoms with E-state index < -0.39 is 0 Å². The van der Waals surface area contributed by atoms with Gasteiger partial charge in [0.25, 0.3) is 0 Å². The topological polar surface area (TPSA) is 25.8 Å². The highest BCUT2D eigenvalue weighted by Gasteiger charge is 2.02. The van der Waals surface area contributed by atoms with E-state index in [1.807, 2.05) is 6.20 Å². The average Bonchev–Trinajstić information content (AvgIpc) is 2.73. The number of hydrogen-bond donors (Lipinski definition) is 0. The van der Waals surface area contributed by atoms with Crippen molar-refractivity contribution < 1.29 is 0 Å². The van der Waals surface area contributed by atoms with Crippen LogP contribution in [0.4, 0.5) is 0 Å². The largest absolute Gasteiger partial charge is 0.158 e. The molecule has 0 saturated carbocycles. The van der Waals surface area contributed by atoms with E-state index in [0.29, 0.717) is 0 Å². The molecule has 1 heterocycles. The molecular formula is C26H42N2. The van der Waals surface area contributed by atoms with Crippen LogP contribution < -0.4 is 0 Å². The first-order chi connectivity index (χ1) is 13.9. The highest BCUT2D eigenvalue weighted by Crippen LogP contribution is 2.18. The SMILES string of the molecule is CCCCCCCCCCCCCCCCCCc1nncc2ccccc12. The molecule has 0 unspecified atom stereocenters. The first-order valence-corrected chi connectivity index (χ1v) is 12.1. The van der Waals surface area contributed by atoms with E-state index in [-0.39, 0.29) is 0 Å². The van der Waals surface area contributed by atoms with Crippen LogP contribution in [-0.4, -0.2) is 10.2 Å². The Bertz CT molecular complexity index is 617. The molecule has 0 saturated heterocycles. The molecule has 28 heavy (non-hydrogen) atoms. The number of unbranched alkanes of at least 4 members (excludes halogenated alkanes) is 15. The third kappa shape index (κ3) is 9.66. The van der Waals surface area contributed by atoms with Gasteiger partial charge < -0.3 is 0 Å². The van der Waals surface area contributed by atoms with E-state index >= 15 is 0 Å². The molecule has 2 heteroatoms. The average molecular weight is 383 g/mol. The van der Waals surface area contributed by atoms with Gasteiger partial charge in [-0.1, -0.05) is 128 Å². The molecule has 2 aromatic rings. The van der Waals surface area contributed by atoms with Crippen LogP contribution in [0.3, 0.4) is 0 Å². The van der Waals surface area contributed by atoms with Crippen molar-refractivity contribution in [1.29, 1.82) is 0 Å². The van der Waals surface area contributed by atoms with Crippen molar-refractivity contribution in [3.63, 3.8) is 0 Å². The summed E-state index contributed by atoms with van der Waals surface area (Å²) in [5, 5.41) is 11.0. The maximum atomic E-state index is 4.36. The van der Waals surface area contributed by atoms with Gasteiger partial charge in [0.05, 0.1) is 11.9 Å². The lowest BCUT2D eigenvalue weighted by Crippen LogP contribution is -1.95. The monoisotopic (exact) mass is 382 g/mol. The number of benzene rings is 1. The predicted octanol–water partition coefficient (Wildman–Crippen LogP) is 8.43. The zero-order chi connectivity index (χ0) is 19.7. The molecule has 0 aliphatic rings. The van der Waals surface area contributed by atoms with E-state index in [0.717, 1.165) is 6.42 Å². The zero-order valence-electron chi connectivity index (χ0n) is 18.3. The van der Waals surface area contributed by atoms with Crippen LogP contribution in [0.5, 0.6) is 0 Å². The molecule has 156 valence electrons. The molecule has 1 aromatic heterocycles. The summed E-state index contributed by atoms with van der Waals surface area (Å²) in [4.78, 5) is 0. The second kappa shape index (κ2) is 15.5. The maximum Gasteiger partial charge on any atom is 0.0709 e. The van der Waals surface area contributed by atoms with Crippen molar-refractivity contribution in [2.45, 2.75) is 116 Å². The summed E-state index contributed by atoms with van der Waals surface area (Å²) in [6, 6.07) is 8.47. The molecule has 0 fully saturated rings. The van der Waals surface area contributed by atoms with E-state index in [2.05, 4.69) is 41.4 Å². The molecule has 2 rings (SSSR count). The Morgan fingerprint density at radius 2 is 1.11 bits per heavy atom. The van der Waals surface area contributed by atoms with Crippen LogP contribution in [0.25, 0.3) is 10.8 Å². The van der Waals surface area contributed by atoms with Gasteiger partial charge in [-0.05, 0) is 12.8 Å². The van der Waals surface area contributed by atoms with Crippen molar-refractivity contribution in [2.75, 3.05) is 0 Å². The second-order valence-electron chi connectivity index (χ2n) is 8.43. The van der Waals surface area contributed by atoms with Crippen LogP contribution in [0.15, 0.2) is 30.5 Å².